The Bertz CT molecular complexity index is 572. The highest BCUT2D eigenvalue weighted by Crippen LogP contribution is 2.50. The van der Waals surface area contributed by atoms with Crippen LogP contribution in [-0.2, 0) is 19.8 Å². The van der Waals surface area contributed by atoms with E-state index in [1.807, 2.05) is 0 Å². The Kier molecular flexibility index (Phi) is 4.83. The fraction of sp³-hybridized carbons (Fsp3) is 0.588. The van der Waals surface area contributed by atoms with E-state index in [0.29, 0.717) is 19.6 Å². The zero-order valence-electron chi connectivity index (χ0n) is 13.2. The molecule has 132 valence electrons. The lowest BCUT2D eigenvalue weighted by atomic mass is 9.86. The van der Waals surface area contributed by atoms with E-state index in [4.69, 9.17) is 9.47 Å². The van der Waals surface area contributed by atoms with E-state index in [-0.39, 0.29) is 24.9 Å². The lowest BCUT2D eigenvalue weighted by Crippen LogP contribution is -2.55. The molecule has 2 aliphatic rings. The van der Waals surface area contributed by atoms with E-state index in [0.717, 1.165) is 11.3 Å². The van der Waals surface area contributed by atoms with Gasteiger partial charge < -0.3 is 14.4 Å². The first-order valence-corrected chi connectivity index (χ1v) is 8.11. The van der Waals surface area contributed by atoms with Crippen molar-refractivity contribution in [2.75, 3.05) is 19.8 Å². The number of likely N-dealkylation sites (tertiary alicyclic amines) is 1. The summed E-state index contributed by atoms with van der Waals surface area (Å²) in [5.41, 5.74) is -2.16. The van der Waals surface area contributed by atoms with E-state index in [9.17, 15) is 18.0 Å². The average molecular weight is 343 g/mol. The Morgan fingerprint density at radius 2 is 1.83 bits per heavy atom. The number of hydrogen-bond donors (Lipinski definition) is 0. The van der Waals surface area contributed by atoms with Gasteiger partial charge in [-0.3, -0.25) is 4.79 Å². The van der Waals surface area contributed by atoms with Gasteiger partial charge in [-0.15, -0.1) is 0 Å². The first kappa shape index (κ1) is 17.2. The molecule has 1 atom stereocenters. The summed E-state index contributed by atoms with van der Waals surface area (Å²) in [7, 11) is 0. The summed E-state index contributed by atoms with van der Waals surface area (Å²) in [5, 5.41) is 0. The van der Waals surface area contributed by atoms with Crippen LogP contribution in [0.25, 0.3) is 0 Å². The van der Waals surface area contributed by atoms with Crippen molar-refractivity contribution in [2.24, 2.45) is 0 Å². The maximum absolute atomic E-state index is 14.0. The minimum atomic E-state index is -4.55. The molecule has 0 bridgehead atoms. The number of nitrogens with zero attached hydrogens (tertiary/aromatic N) is 1. The number of carbonyl (C=O) groups is 1. The van der Waals surface area contributed by atoms with Gasteiger partial charge in [0.05, 0.1) is 19.6 Å². The number of carbonyl (C=O) groups excluding carboxylic acids is 1. The van der Waals surface area contributed by atoms with E-state index in [1.54, 1.807) is 18.2 Å². The summed E-state index contributed by atoms with van der Waals surface area (Å²) in [6.45, 7) is 1.00. The van der Waals surface area contributed by atoms with E-state index >= 15 is 0 Å². The normalized spacial score (nSPS) is 25.9. The summed E-state index contributed by atoms with van der Waals surface area (Å²) in [6, 6.07) is 7.67. The van der Waals surface area contributed by atoms with Crippen molar-refractivity contribution in [3.8, 4) is 0 Å². The van der Waals surface area contributed by atoms with Crippen molar-refractivity contribution in [1.82, 2.24) is 4.90 Å². The molecular weight excluding hydrogens is 323 g/mol. The highest BCUT2D eigenvalue weighted by molar-refractivity contribution is 5.78. The molecule has 2 fully saturated rings. The second kappa shape index (κ2) is 6.72. The zero-order valence-corrected chi connectivity index (χ0v) is 13.2. The van der Waals surface area contributed by atoms with Crippen LogP contribution in [0.5, 0.6) is 0 Å². The first-order chi connectivity index (χ1) is 11.4. The lowest BCUT2D eigenvalue weighted by Gasteiger charge is -2.41. The number of hydrogen-bond acceptors (Lipinski definition) is 3. The van der Waals surface area contributed by atoms with Gasteiger partial charge in [-0.05, 0) is 24.8 Å². The van der Waals surface area contributed by atoms with Crippen LogP contribution in [0.1, 0.15) is 31.2 Å². The monoisotopic (exact) mass is 343 g/mol. The van der Waals surface area contributed by atoms with Crippen molar-refractivity contribution in [1.29, 1.82) is 0 Å². The number of ether oxygens (including phenoxy) is 2. The molecule has 0 aliphatic carbocycles. The Labute approximate surface area is 138 Å². The topological polar surface area (TPSA) is 38.8 Å². The molecule has 0 unspecified atom stereocenters. The van der Waals surface area contributed by atoms with Gasteiger partial charge in [0.25, 0.3) is 0 Å². The van der Waals surface area contributed by atoms with Crippen LogP contribution in [0.3, 0.4) is 0 Å². The largest absolute Gasteiger partial charge is 0.415 e. The van der Waals surface area contributed by atoms with Crippen molar-refractivity contribution in [3.63, 3.8) is 0 Å². The highest BCUT2D eigenvalue weighted by Gasteiger charge is 2.62. The molecule has 1 aromatic rings. The average Bonchev–Trinajstić information content (AvgIpc) is 3.03. The fourth-order valence-corrected chi connectivity index (χ4v) is 3.54. The number of amides is 1. The zero-order chi connectivity index (χ0) is 17.2. The molecule has 7 heteroatoms. The van der Waals surface area contributed by atoms with Crippen LogP contribution in [0.2, 0.25) is 0 Å². The molecular formula is C17H20F3NO3. The molecule has 2 saturated heterocycles. The maximum Gasteiger partial charge on any atom is 0.415 e. The molecule has 1 amide bonds. The third-order valence-electron chi connectivity index (χ3n) is 4.64. The standard InChI is InChI=1S/C17H20F3NO3/c18-17(19,20)16(13-6-2-1-3-7-13)8-4-9-21(16)14(22)12-15-23-10-5-11-24-15/h1-3,6-7,15H,4-5,8-12H2/t16-/m0/s1. The molecule has 2 heterocycles. The number of rotatable bonds is 3. The third-order valence-corrected chi connectivity index (χ3v) is 4.64. The van der Waals surface area contributed by atoms with Gasteiger partial charge in [-0.25, -0.2) is 0 Å². The molecule has 3 rings (SSSR count). The Hall–Kier alpha value is -1.60. The van der Waals surface area contributed by atoms with Crippen LogP contribution in [0.15, 0.2) is 30.3 Å². The molecule has 24 heavy (non-hydrogen) atoms. The summed E-state index contributed by atoms with van der Waals surface area (Å²) < 4.78 is 52.7. The molecule has 0 aromatic heterocycles. The molecule has 0 saturated carbocycles. The molecule has 0 spiro atoms. The van der Waals surface area contributed by atoms with Gasteiger partial charge in [0.1, 0.15) is 0 Å². The molecule has 2 aliphatic heterocycles. The predicted octanol–water partition coefficient (Wildman–Crippen LogP) is 3.22. The van der Waals surface area contributed by atoms with Crippen molar-refractivity contribution < 1.29 is 27.4 Å². The van der Waals surface area contributed by atoms with Crippen molar-refractivity contribution >= 4 is 5.91 Å². The second-order valence-corrected chi connectivity index (χ2v) is 6.10. The number of alkyl halides is 3. The Morgan fingerprint density at radius 1 is 1.17 bits per heavy atom. The van der Waals surface area contributed by atoms with Crippen LogP contribution in [0.4, 0.5) is 13.2 Å². The van der Waals surface area contributed by atoms with Gasteiger partial charge in [-0.1, -0.05) is 30.3 Å². The van der Waals surface area contributed by atoms with Crippen molar-refractivity contribution in [3.05, 3.63) is 35.9 Å². The van der Waals surface area contributed by atoms with Crippen LogP contribution in [-0.4, -0.2) is 43.0 Å². The van der Waals surface area contributed by atoms with E-state index in [2.05, 4.69) is 0 Å². The summed E-state index contributed by atoms with van der Waals surface area (Å²) in [6.07, 6.45) is -4.58. The highest BCUT2D eigenvalue weighted by atomic mass is 19.4. The molecule has 1 aromatic carbocycles. The smallest absolute Gasteiger partial charge is 0.352 e. The van der Waals surface area contributed by atoms with Gasteiger partial charge in [0.2, 0.25) is 5.91 Å². The van der Waals surface area contributed by atoms with Gasteiger partial charge >= 0.3 is 6.18 Å². The SMILES string of the molecule is O=C(CC1OCCCO1)N1CCC[C@]1(c1ccccc1)C(F)(F)F. The van der Waals surface area contributed by atoms with Gasteiger partial charge in [-0.2, -0.15) is 13.2 Å². The molecule has 4 nitrogen and oxygen atoms in total. The second-order valence-electron chi connectivity index (χ2n) is 6.10. The summed E-state index contributed by atoms with van der Waals surface area (Å²) in [4.78, 5) is 13.6. The Balaban J connectivity index is 1.88. The van der Waals surface area contributed by atoms with Gasteiger partial charge in [0.15, 0.2) is 11.8 Å². The predicted molar refractivity (Wildman–Crippen MR) is 80.0 cm³/mol. The summed E-state index contributed by atoms with van der Waals surface area (Å²) in [5.74, 6) is -0.583. The number of halogens is 3. The Morgan fingerprint density at radius 3 is 2.46 bits per heavy atom. The fourth-order valence-electron chi connectivity index (χ4n) is 3.54. The quantitative estimate of drug-likeness (QED) is 0.846. The lowest BCUT2D eigenvalue weighted by molar-refractivity contribution is -0.233. The van der Waals surface area contributed by atoms with Crippen LogP contribution < -0.4 is 0 Å². The van der Waals surface area contributed by atoms with Crippen molar-refractivity contribution in [2.45, 2.75) is 43.7 Å². The van der Waals surface area contributed by atoms with Crippen LogP contribution in [0, 0.1) is 0 Å². The maximum atomic E-state index is 14.0. The number of benzene rings is 1. The molecule has 0 radical (unpaired) electrons. The van der Waals surface area contributed by atoms with E-state index in [1.165, 1.54) is 12.1 Å². The minimum Gasteiger partial charge on any atom is -0.352 e. The molecule has 0 N–H and O–H groups in total. The first-order valence-electron chi connectivity index (χ1n) is 8.11. The minimum absolute atomic E-state index is 0.0833. The third kappa shape index (κ3) is 3.02. The van der Waals surface area contributed by atoms with E-state index < -0.39 is 23.9 Å². The van der Waals surface area contributed by atoms with Gasteiger partial charge in [0, 0.05) is 6.54 Å². The summed E-state index contributed by atoms with van der Waals surface area (Å²) >= 11 is 0. The van der Waals surface area contributed by atoms with Crippen LogP contribution >= 0.6 is 0 Å².